The smallest absolute Gasteiger partial charge is 0.306 e. The first-order chi connectivity index (χ1) is 13.3. The van der Waals surface area contributed by atoms with Crippen molar-refractivity contribution >= 4 is 52.2 Å². The lowest BCUT2D eigenvalue weighted by atomic mass is 10.1. The minimum Gasteiger partial charge on any atom is -0.456 e. The molecular formula is C18H14Cl2N2O6. The third-order valence-corrected chi connectivity index (χ3v) is 4.10. The van der Waals surface area contributed by atoms with Gasteiger partial charge in [-0.1, -0.05) is 23.2 Å². The number of nitro benzene ring substituents is 1. The second kappa shape index (κ2) is 9.82. The fourth-order valence-corrected chi connectivity index (χ4v) is 2.41. The van der Waals surface area contributed by atoms with Crippen molar-refractivity contribution in [2.75, 3.05) is 11.9 Å². The number of Topliss-reactive ketones (excluding diaryl/α,β-unsaturated/α-hetero) is 1. The fraction of sp³-hybridized carbons (Fsp3) is 0.167. The highest BCUT2D eigenvalue weighted by molar-refractivity contribution is 6.33. The van der Waals surface area contributed by atoms with Gasteiger partial charge in [0.2, 0.25) is 0 Å². The van der Waals surface area contributed by atoms with Crippen molar-refractivity contribution in [3.8, 4) is 0 Å². The summed E-state index contributed by atoms with van der Waals surface area (Å²) in [6.45, 7) is -0.618. The zero-order valence-corrected chi connectivity index (χ0v) is 15.8. The van der Waals surface area contributed by atoms with Crippen LogP contribution in [0.4, 0.5) is 11.4 Å². The number of non-ortho nitro benzene ring substituents is 1. The first kappa shape index (κ1) is 21.3. The van der Waals surface area contributed by atoms with Crippen LogP contribution in [0.2, 0.25) is 10.0 Å². The van der Waals surface area contributed by atoms with Crippen LogP contribution >= 0.6 is 23.2 Å². The third kappa shape index (κ3) is 6.33. The highest BCUT2D eigenvalue weighted by Gasteiger charge is 2.15. The zero-order valence-electron chi connectivity index (χ0n) is 14.3. The van der Waals surface area contributed by atoms with Gasteiger partial charge < -0.3 is 10.1 Å². The van der Waals surface area contributed by atoms with Crippen molar-refractivity contribution in [1.29, 1.82) is 0 Å². The van der Waals surface area contributed by atoms with E-state index in [1.165, 1.54) is 12.1 Å². The zero-order chi connectivity index (χ0) is 20.7. The van der Waals surface area contributed by atoms with Gasteiger partial charge in [0.25, 0.3) is 11.6 Å². The largest absolute Gasteiger partial charge is 0.456 e. The Kier molecular flexibility index (Phi) is 7.48. The molecule has 0 aliphatic rings. The monoisotopic (exact) mass is 424 g/mol. The Morgan fingerprint density at radius 2 is 1.71 bits per heavy atom. The van der Waals surface area contributed by atoms with Gasteiger partial charge in [0, 0.05) is 29.1 Å². The molecule has 1 amide bonds. The number of ketones is 1. The Balaban J connectivity index is 1.80. The maximum atomic E-state index is 12.0. The first-order valence-corrected chi connectivity index (χ1v) is 8.70. The molecule has 0 fully saturated rings. The number of nitro groups is 1. The van der Waals surface area contributed by atoms with Gasteiger partial charge in [0.1, 0.15) is 0 Å². The first-order valence-electron chi connectivity index (χ1n) is 7.94. The van der Waals surface area contributed by atoms with E-state index in [0.29, 0.717) is 10.6 Å². The molecule has 0 aromatic heterocycles. The maximum absolute atomic E-state index is 12.0. The molecule has 28 heavy (non-hydrogen) atoms. The molecule has 0 radical (unpaired) electrons. The van der Waals surface area contributed by atoms with Gasteiger partial charge in [0.05, 0.1) is 22.1 Å². The number of ether oxygens (including phenoxy) is 1. The van der Waals surface area contributed by atoms with Gasteiger partial charge in [-0.15, -0.1) is 0 Å². The summed E-state index contributed by atoms with van der Waals surface area (Å²) in [4.78, 5) is 45.6. The molecule has 0 heterocycles. The Bertz CT molecular complexity index is 915. The average molecular weight is 425 g/mol. The van der Waals surface area contributed by atoms with Crippen molar-refractivity contribution in [3.63, 3.8) is 0 Å². The number of anilines is 1. The van der Waals surface area contributed by atoms with Gasteiger partial charge >= 0.3 is 5.97 Å². The lowest BCUT2D eigenvalue weighted by Gasteiger charge is -2.08. The van der Waals surface area contributed by atoms with E-state index in [9.17, 15) is 24.5 Å². The Morgan fingerprint density at radius 1 is 1.04 bits per heavy atom. The number of halogens is 2. The molecule has 0 saturated heterocycles. The molecule has 0 aliphatic carbocycles. The standard InChI is InChI=1S/C18H14Cl2N2O6/c19-12-3-1-11(2-4-12)16(23)7-8-18(25)28-10-17(24)21-15-9-13(22(26)27)5-6-14(15)20/h1-6,9H,7-8,10H2,(H,21,24). The lowest BCUT2D eigenvalue weighted by molar-refractivity contribution is -0.384. The van der Waals surface area contributed by atoms with Crippen LogP contribution in [0.1, 0.15) is 23.2 Å². The van der Waals surface area contributed by atoms with Gasteiger partial charge in [-0.2, -0.15) is 0 Å². The van der Waals surface area contributed by atoms with Crippen LogP contribution < -0.4 is 5.32 Å². The highest BCUT2D eigenvalue weighted by Crippen LogP contribution is 2.26. The van der Waals surface area contributed by atoms with E-state index in [1.54, 1.807) is 24.3 Å². The van der Waals surface area contributed by atoms with E-state index in [2.05, 4.69) is 5.32 Å². The lowest BCUT2D eigenvalue weighted by Crippen LogP contribution is -2.21. The van der Waals surface area contributed by atoms with Gasteiger partial charge in [-0.05, 0) is 30.3 Å². The second-order valence-corrected chi connectivity index (χ2v) is 6.40. The minimum atomic E-state index is -0.734. The fourth-order valence-electron chi connectivity index (χ4n) is 2.12. The Labute approximate surface area is 169 Å². The van der Waals surface area contributed by atoms with Crippen molar-refractivity contribution in [3.05, 3.63) is 68.2 Å². The summed E-state index contributed by atoms with van der Waals surface area (Å²) in [5.74, 6) is -1.72. The number of amides is 1. The third-order valence-electron chi connectivity index (χ3n) is 3.52. The van der Waals surface area contributed by atoms with E-state index in [-0.39, 0.29) is 35.0 Å². The summed E-state index contributed by atoms with van der Waals surface area (Å²) in [5.41, 5.74) is 0.183. The van der Waals surface area contributed by atoms with Crippen LogP contribution in [0.25, 0.3) is 0 Å². The van der Waals surface area contributed by atoms with Crippen molar-refractivity contribution in [2.45, 2.75) is 12.8 Å². The maximum Gasteiger partial charge on any atom is 0.306 e. The highest BCUT2D eigenvalue weighted by atomic mass is 35.5. The number of rotatable bonds is 8. The Morgan fingerprint density at radius 3 is 2.36 bits per heavy atom. The number of nitrogens with zero attached hydrogens (tertiary/aromatic N) is 1. The van der Waals surface area contributed by atoms with Gasteiger partial charge in [0.15, 0.2) is 12.4 Å². The van der Waals surface area contributed by atoms with E-state index in [4.69, 9.17) is 27.9 Å². The summed E-state index contributed by atoms with van der Waals surface area (Å²) in [6.07, 6.45) is -0.287. The minimum absolute atomic E-state index is 0.0230. The number of carbonyl (C=O) groups excluding carboxylic acids is 3. The van der Waals surface area contributed by atoms with Crippen molar-refractivity contribution < 1.29 is 24.0 Å². The molecule has 1 N–H and O–H groups in total. The number of hydrogen-bond acceptors (Lipinski definition) is 6. The predicted octanol–water partition coefficient (Wildman–Crippen LogP) is 4.05. The predicted molar refractivity (Wildman–Crippen MR) is 103 cm³/mol. The molecule has 8 nitrogen and oxygen atoms in total. The van der Waals surface area contributed by atoms with E-state index in [1.807, 2.05) is 0 Å². The topological polar surface area (TPSA) is 116 Å². The molecule has 2 aromatic carbocycles. The second-order valence-electron chi connectivity index (χ2n) is 5.56. The van der Waals surface area contributed by atoms with Crippen LogP contribution in [-0.2, 0) is 14.3 Å². The number of carbonyl (C=O) groups is 3. The molecule has 10 heteroatoms. The molecule has 0 bridgehead atoms. The molecule has 0 aliphatic heterocycles. The number of nitrogens with one attached hydrogen (secondary N) is 1. The summed E-state index contributed by atoms with van der Waals surface area (Å²) < 4.78 is 4.80. The van der Waals surface area contributed by atoms with E-state index < -0.39 is 23.4 Å². The molecule has 0 unspecified atom stereocenters. The van der Waals surface area contributed by atoms with Crippen LogP contribution in [0.5, 0.6) is 0 Å². The van der Waals surface area contributed by atoms with E-state index in [0.717, 1.165) is 6.07 Å². The normalized spacial score (nSPS) is 10.2. The summed E-state index contributed by atoms with van der Waals surface area (Å²) in [6, 6.07) is 9.78. The summed E-state index contributed by atoms with van der Waals surface area (Å²) >= 11 is 11.6. The molecule has 146 valence electrons. The van der Waals surface area contributed by atoms with Crippen molar-refractivity contribution in [1.82, 2.24) is 0 Å². The summed E-state index contributed by atoms with van der Waals surface area (Å²) in [5, 5.41) is 13.7. The van der Waals surface area contributed by atoms with Crippen LogP contribution in [-0.4, -0.2) is 29.2 Å². The van der Waals surface area contributed by atoms with Gasteiger partial charge in [-0.3, -0.25) is 24.5 Å². The van der Waals surface area contributed by atoms with Crippen LogP contribution in [0, 0.1) is 10.1 Å². The van der Waals surface area contributed by atoms with Crippen LogP contribution in [0.15, 0.2) is 42.5 Å². The van der Waals surface area contributed by atoms with Crippen LogP contribution in [0.3, 0.4) is 0 Å². The molecule has 0 saturated carbocycles. The average Bonchev–Trinajstić information content (AvgIpc) is 2.66. The number of benzene rings is 2. The summed E-state index contributed by atoms with van der Waals surface area (Å²) in [7, 11) is 0. The number of hydrogen-bond donors (Lipinski definition) is 1. The number of esters is 1. The molecule has 0 atom stereocenters. The SMILES string of the molecule is O=C(COC(=O)CCC(=O)c1ccc(Cl)cc1)Nc1cc([N+](=O)[O-])ccc1Cl. The Hall–Kier alpha value is -2.97. The molecule has 0 spiro atoms. The molecule has 2 rings (SSSR count). The molecular weight excluding hydrogens is 411 g/mol. The molecule has 2 aromatic rings. The van der Waals surface area contributed by atoms with E-state index >= 15 is 0 Å². The quantitative estimate of drug-likeness (QED) is 0.295. The van der Waals surface area contributed by atoms with Gasteiger partial charge in [-0.25, -0.2) is 0 Å². The van der Waals surface area contributed by atoms with Crippen molar-refractivity contribution in [2.24, 2.45) is 0 Å².